The van der Waals surface area contributed by atoms with Crippen molar-refractivity contribution in [1.82, 2.24) is 0 Å². The van der Waals surface area contributed by atoms with Gasteiger partial charge in [0.05, 0.1) is 23.6 Å². The Hall–Kier alpha value is -2.24. The van der Waals surface area contributed by atoms with E-state index in [1.54, 1.807) is 36.4 Å². The van der Waals surface area contributed by atoms with Crippen LogP contribution in [0.3, 0.4) is 0 Å². The smallest absolute Gasteiger partial charge is 0.309 e. The fraction of sp³-hybridized carbons (Fsp3) is 0.222. The molecular weight excluding hydrogens is 367 g/mol. The summed E-state index contributed by atoms with van der Waals surface area (Å²) in [5.41, 5.74) is 1.45. The summed E-state index contributed by atoms with van der Waals surface area (Å²) in [6.45, 7) is 1.50. The first kappa shape index (κ1) is 19.1. The van der Waals surface area contributed by atoms with Crippen LogP contribution < -0.4 is 9.47 Å². The van der Waals surface area contributed by atoms with Crippen molar-refractivity contribution < 1.29 is 23.8 Å². The van der Waals surface area contributed by atoms with Gasteiger partial charge in [-0.1, -0.05) is 35.3 Å². The summed E-state index contributed by atoms with van der Waals surface area (Å²) < 4.78 is 15.5. The van der Waals surface area contributed by atoms with Gasteiger partial charge in [0, 0.05) is 6.92 Å². The SMILES string of the molecule is COC(=O)Cc1ccc(OCc2ccc(Cl)c(Cl)c2)c(OC(C)=O)c1. The zero-order valence-electron chi connectivity index (χ0n) is 13.7. The van der Waals surface area contributed by atoms with Crippen LogP contribution in [0.1, 0.15) is 18.1 Å². The monoisotopic (exact) mass is 382 g/mol. The molecule has 132 valence electrons. The Morgan fingerprint density at radius 3 is 2.32 bits per heavy atom. The first-order chi connectivity index (χ1) is 11.9. The normalized spacial score (nSPS) is 10.2. The van der Waals surface area contributed by atoms with Gasteiger partial charge in [-0.25, -0.2) is 0 Å². The number of carbonyl (C=O) groups is 2. The molecule has 0 aliphatic carbocycles. The molecule has 0 heterocycles. The molecule has 0 N–H and O–H groups in total. The van der Waals surface area contributed by atoms with Gasteiger partial charge in [0.1, 0.15) is 6.61 Å². The number of esters is 2. The van der Waals surface area contributed by atoms with Gasteiger partial charge in [-0.05, 0) is 35.4 Å². The van der Waals surface area contributed by atoms with Gasteiger partial charge in [-0.3, -0.25) is 9.59 Å². The third kappa shape index (κ3) is 5.66. The van der Waals surface area contributed by atoms with Crippen molar-refractivity contribution in [2.45, 2.75) is 20.0 Å². The third-order valence-corrected chi connectivity index (χ3v) is 3.96. The topological polar surface area (TPSA) is 61.8 Å². The fourth-order valence-corrected chi connectivity index (χ4v) is 2.37. The first-order valence-corrected chi connectivity index (χ1v) is 8.09. The van der Waals surface area contributed by atoms with Crippen molar-refractivity contribution in [2.24, 2.45) is 0 Å². The average Bonchev–Trinajstić information content (AvgIpc) is 2.56. The van der Waals surface area contributed by atoms with Crippen molar-refractivity contribution in [3.8, 4) is 11.5 Å². The summed E-state index contributed by atoms with van der Waals surface area (Å²) in [6.07, 6.45) is 0.0673. The Labute approximate surface area is 155 Å². The molecule has 0 saturated carbocycles. The van der Waals surface area contributed by atoms with Crippen molar-refractivity contribution in [3.05, 3.63) is 57.6 Å². The minimum Gasteiger partial charge on any atom is -0.485 e. The van der Waals surface area contributed by atoms with Gasteiger partial charge < -0.3 is 14.2 Å². The van der Waals surface area contributed by atoms with E-state index in [0.717, 1.165) is 5.56 Å². The molecule has 7 heteroatoms. The zero-order chi connectivity index (χ0) is 18.4. The highest BCUT2D eigenvalue weighted by molar-refractivity contribution is 6.42. The number of ether oxygens (including phenoxy) is 3. The molecule has 0 fully saturated rings. The number of rotatable bonds is 6. The quantitative estimate of drug-likeness (QED) is 0.552. The van der Waals surface area contributed by atoms with Crippen LogP contribution in [-0.2, 0) is 27.4 Å². The molecular formula is C18H16Cl2O5. The number of benzene rings is 2. The Bertz CT molecular complexity index is 789. The number of methoxy groups -OCH3 is 1. The lowest BCUT2D eigenvalue weighted by Gasteiger charge is -2.13. The highest BCUT2D eigenvalue weighted by Gasteiger charge is 2.12. The predicted octanol–water partition coefficient (Wildman–Crippen LogP) is 4.21. The van der Waals surface area contributed by atoms with Crippen molar-refractivity contribution >= 4 is 35.1 Å². The summed E-state index contributed by atoms with van der Waals surface area (Å²) in [5, 5.41) is 0.884. The molecule has 0 aromatic heterocycles. The largest absolute Gasteiger partial charge is 0.485 e. The van der Waals surface area contributed by atoms with E-state index in [-0.39, 0.29) is 18.8 Å². The molecule has 0 saturated heterocycles. The van der Waals surface area contributed by atoms with Crippen molar-refractivity contribution in [3.63, 3.8) is 0 Å². The lowest BCUT2D eigenvalue weighted by atomic mass is 10.1. The highest BCUT2D eigenvalue weighted by Crippen LogP contribution is 2.30. The Morgan fingerprint density at radius 1 is 0.960 bits per heavy atom. The van der Waals surface area contributed by atoms with Crippen LogP contribution >= 0.6 is 23.2 Å². The zero-order valence-corrected chi connectivity index (χ0v) is 15.2. The molecule has 5 nitrogen and oxygen atoms in total. The van der Waals surface area contributed by atoms with Crippen LogP contribution in [0.4, 0.5) is 0 Å². The van der Waals surface area contributed by atoms with Crippen LogP contribution in [0.2, 0.25) is 10.0 Å². The number of halogens is 2. The predicted molar refractivity (Wildman–Crippen MR) is 94.3 cm³/mol. The Kier molecular flexibility index (Phi) is 6.67. The lowest BCUT2D eigenvalue weighted by molar-refractivity contribution is -0.139. The standard InChI is InChI=1S/C18H16Cl2O5/c1-11(21)25-17-8-12(9-18(22)23-2)4-6-16(17)24-10-13-3-5-14(19)15(20)7-13/h3-8H,9-10H2,1-2H3. The number of carbonyl (C=O) groups excluding carboxylic acids is 2. The van der Waals surface area contributed by atoms with E-state index in [9.17, 15) is 9.59 Å². The molecule has 2 aromatic carbocycles. The van der Waals surface area contributed by atoms with Gasteiger partial charge >= 0.3 is 11.9 Å². The minimum absolute atomic E-state index is 0.0673. The molecule has 2 rings (SSSR count). The third-order valence-electron chi connectivity index (χ3n) is 3.22. The second-order valence-electron chi connectivity index (χ2n) is 5.16. The summed E-state index contributed by atoms with van der Waals surface area (Å²) in [4.78, 5) is 22.7. The molecule has 0 unspecified atom stereocenters. The Morgan fingerprint density at radius 2 is 1.68 bits per heavy atom. The average molecular weight is 383 g/mol. The first-order valence-electron chi connectivity index (χ1n) is 7.34. The molecule has 0 spiro atoms. The van der Waals surface area contributed by atoms with Gasteiger partial charge in [-0.2, -0.15) is 0 Å². The van der Waals surface area contributed by atoms with Crippen LogP contribution in [0.15, 0.2) is 36.4 Å². The molecule has 0 aliphatic heterocycles. The second kappa shape index (κ2) is 8.74. The second-order valence-corrected chi connectivity index (χ2v) is 5.98. The maximum Gasteiger partial charge on any atom is 0.309 e. The van der Waals surface area contributed by atoms with Crippen LogP contribution in [0.5, 0.6) is 11.5 Å². The van der Waals surface area contributed by atoms with Gasteiger partial charge in [0.15, 0.2) is 11.5 Å². The van der Waals surface area contributed by atoms with Crippen LogP contribution in [-0.4, -0.2) is 19.0 Å². The van der Waals surface area contributed by atoms with Gasteiger partial charge in [0.2, 0.25) is 0 Å². The van der Waals surface area contributed by atoms with E-state index >= 15 is 0 Å². The maximum absolute atomic E-state index is 11.4. The minimum atomic E-state index is -0.491. The Balaban J connectivity index is 2.18. The molecule has 0 amide bonds. The van der Waals surface area contributed by atoms with Gasteiger partial charge in [0.25, 0.3) is 0 Å². The van der Waals surface area contributed by atoms with E-state index < -0.39 is 11.9 Å². The van der Waals surface area contributed by atoms with E-state index in [2.05, 4.69) is 4.74 Å². The number of hydrogen-bond donors (Lipinski definition) is 0. The molecule has 0 atom stereocenters. The van der Waals surface area contributed by atoms with E-state index in [1.165, 1.54) is 14.0 Å². The summed E-state index contributed by atoms with van der Waals surface area (Å²) in [7, 11) is 1.31. The lowest BCUT2D eigenvalue weighted by Crippen LogP contribution is -2.07. The fourth-order valence-electron chi connectivity index (χ4n) is 2.05. The summed E-state index contributed by atoms with van der Waals surface area (Å²) in [6, 6.07) is 10.1. The van der Waals surface area contributed by atoms with Crippen LogP contribution in [0, 0.1) is 0 Å². The molecule has 0 radical (unpaired) electrons. The highest BCUT2D eigenvalue weighted by atomic mass is 35.5. The molecule has 0 aliphatic rings. The van der Waals surface area contributed by atoms with E-state index in [1.807, 2.05) is 0 Å². The van der Waals surface area contributed by atoms with Gasteiger partial charge in [-0.15, -0.1) is 0 Å². The molecule has 2 aromatic rings. The summed E-state index contributed by atoms with van der Waals surface area (Å²) in [5.74, 6) is -0.281. The van der Waals surface area contributed by atoms with Crippen molar-refractivity contribution in [1.29, 1.82) is 0 Å². The molecule has 25 heavy (non-hydrogen) atoms. The van der Waals surface area contributed by atoms with E-state index in [4.69, 9.17) is 32.7 Å². The van der Waals surface area contributed by atoms with Crippen molar-refractivity contribution in [2.75, 3.05) is 7.11 Å². The van der Waals surface area contributed by atoms with E-state index in [0.29, 0.717) is 21.4 Å². The molecule has 0 bridgehead atoms. The van der Waals surface area contributed by atoms with Crippen LogP contribution in [0.25, 0.3) is 0 Å². The maximum atomic E-state index is 11.4. The summed E-state index contributed by atoms with van der Waals surface area (Å²) >= 11 is 11.9. The number of hydrogen-bond acceptors (Lipinski definition) is 5.